The third-order valence-corrected chi connectivity index (χ3v) is 21.5. The molecule has 18 atom stereocenters. The van der Waals surface area contributed by atoms with Crippen LogP contribution in [0, 0.1) is 35.5 Å². The summed E-state index contributed by atoms with van der Waals surface area (Å²) < 4.78 is 39.1. The molecule has 4 saturated heterocycles. The number of hydrogen-bond donors (Lipinski definition) is 8. The van der Waals surface area contributed by atoms with Crippen molar-refractivity contribution in [1.29, 1.82) is 0 Å². The zero-order valence-electron chi connectivity index (χ0n) is 71.7. The van der Waals surface area contributed by atoms with E-state index in [4.69, 9.17) is 33.2 Å². The van der Waals surface area contributed by atoms with Crippen LogP contribution >= 0.6 is 0 Å². The maximum Gasteiger partial charge on any atom is 0.408 e. The van der Waals surface area contributed by atoms with Crippen LogP contribution in [0.1, 0.15) is 193 Å². The van der Waals surface area contributed by atoms with Crippen LogP contribution in [-0.4, -0.2) is 251 Å². The first kappa shape index (κ1) is 99.5. The molecule has 0 aromatic heterocycles. The number of quaternary nitrogens is 1. The number of hydrogen-bond acceptors (Lipinski definition) is 22. The van der Waals surface area contributed by atoms with Gasteiger partial charge in [0.2, 0.25) is 35.6 Å². The minimum absolute atomic E-state index is 0. The van der Waals surface area contributed by atoms with Crippen LogP contribution in [0.4, 0.5) is 4.79 Å². The SMILES string of the molecule is CC[C@H](C)[C@H]1NC(=O)[C@@H](NC(=O)OC(C)(C)C)[C@@H](C)OC(=O)[C@H](Cc2ccc(OC)cc2)N(C)C(=O)[C@@H]2CCCN2C(=O)[C@H](CC(C)C)NC(=O)[C@H](C(C)C)OC(=O)C[C@@H]1O.CC[C@H](C)[C@H]1NC(=O)[C@@H]([NH3+])[C@@H](C)OC(=O)[C@H](Cc2ccc(OC)cc2)N(C)C(=O)[C@@H]2CCCN2C(=O)[C@H](CC(C)C)NC(=O)[C@H](C(C)C)OC(=O)C[C@@H]1O.[Cl-]. The summed E-state index contributed by atoms with van der Waals surface area (Å²) in [6.07, 6.45) is -7.01. The van der Waals surface area contributed by atoms with Gasteiger partial charge in [-0.05, 0) is 144 Å². The monoisotopic (exact) mass is 1650 g/mol. The van der Waals surface area contributed by atoms with Crippen LogP contribution in [0.15, 0.2) is 48.5 Å². The topological polar surface area (TPSA) is 428 Å². The van der Waals surface area contributed by atoms with Gasteiger partial charge in [0.1, 0.15) is 65.5 Å². The quantitative estimate of drug-likeness (QED) is 0.0816. The molecule has 6 rings (SSSR count). The second-order valence-corrected chi connectivity index (χ2v) is 33.5. The molecule has 652 valence electrons. The molecule has 4 aliphatic heterocycles. The standard InChI is InChI=1S/C44H69N5O12.C39H61N5O10.ClH/c1-13-26(6)35-33(50)23-34(51)60-37(25(4)5)39(53)45-30(21-24(2)3)40(54)49-20-14-15-31(49)41(55)48(11)32(22-28-16-18-29(58-12)19-17-28)42(56)59-27(7)36(38(52)46-35)47-43(57)61-44(8,9)10;1-10-23(6)33-30(45)20-31(46)54-34(22(4)5)36(48)41-27(18-21(2)3)37(49)44-17-11-12-28(44)38(50)43(8)29(19-25-13-15-26(52-9)16-14-25)39(51)53-24(7)32(40)35(47)42-33;/h16-19,24-27,30-33,35-37,50H,13-15,20-23H2,1-12H3,(H,45,53)(H,46,52)(H,47,57);13-16,21-24,27-30,32-34,45H,10-12,17-20,40H2,1-9H3,(H,41,48)(H,42,47);1H/t26-,27+,30-,31-,32-,33-,35+,36-,37-;23-,24+,27-,28-,29-,30-,32-,33+,34-;/m00./s1. The molecule has 4 fully saturated rings. The highest BCUT2D eigenvalue weighted by atomic mass is 35.5. The van der Waals surface area contributed by atoms with Gasteiger partial charge in [0.25, 0.3) is 17.7 Å². The lowest BCUT2D eigenvalue weighted by molar-refractivity contribution is -0.419. The Morgan fingerprint density at radius 3 is 1.24 bits per heavy atom. The van der Waals surface area contributed by atoms with E-state index in [1.54, 1.807) is 111 Å². The number of methoxy groups -OCH3 is 2. The van der Waals surface area contributed by atoms with Gasteiger partial charge in [-0.1, -0.05) is 120 Å². The second kappa shape index (κ2) is 45.7. The Bertz CT molecular complexity index is 3640. The zero-order chi connectivity index (χ0) is 86.4. The van der Waals surface area contributed by atoms with E-state index in [1.807, 2.05) is 41.5 Å². The van der Waals surface area contributed by atoms with Crippen molar-refractivity contribution in [1.82, 2.24) is 46.2 Å². The highest BCUT2D eigenvalue weighted by Gasteiger charge is 2.47. The van der Waals surface area contributed by atoms with E-state index in [0.29, 0.717) is 54.7 Å². The van der Waals surface area contributed by atoms with Crippen molar-refractivity contribution in [2.45, 2.75) is 297 Å². The summed E-state index contributed by atoms with van der Waals surface area (Å²) in [7, 11) is 5.98. The molecule has 33 heteroatoms. The van der Waals surface area contributed by atoms with Gasteiger partial charge in [-0.3, -0.25) is 47.9 Å². The van der Waals surface area contributed by atoms with Crippen molar-refractivity contribution in [3.63, 3.8) is 0 Å². The van der Waals surface area contributed by atoms with Crippen molar-refractivity contribution < 1.29 is 124 Å². The van der Waals surface area contributed by atoms with Gasteiger partial charge in [0.15, 0.2) is 18.3 Å². The number of aliphatic hydroxyl groups excluding tert-OH is 2. The Morgan fingerprint density at radius 1 is 0.543 bits per heavy atom. The minimum Gasteiger partial charge on any atom is -1.00 e. The van der Waals surface area contributed by atoms with E-state index in [1.165, 1.54) is 61.8 Å². The van der Waals surface area contributed by atoms with Crippen LogP contribution < -0.4 is 54.2 Å². The Balaban J connectivity index is 0.000000488. The van der Waals surface area contributed by atoms with E-state index in [0.717, 1.165) is 0 Å². The Hall–Kier alpha value is -8.88. The molecule has 0 unspecified atom stereocenters. The number of halogens is 1. The number of aliphatic hydroxyl groups is 2. The number of alkyl carbamates (subject to hydrolysis) is 1. The molecular weight excluding hydrogens is 1520 g/mol. The van der Waals surface area contributed by atoms with Crippen LogP contribution in [0.5, 0.6) is 11.5 Å². The van der Waals surface area contributed by atoms with Gasteiger partial charge < -0.3 is 108 Å². The number of ether oxygens (including phenoxy) is 7. The van der Waals surface area contributed by atoms with Gasteiger partial charge in [-0.25, -0.2) is 14.4 Å². The molecule has 116 heavy (non-hydrogen) atoms. The van der Waals surface area contributed by atoms with Crippen molar-refractivity contribution in [3.05, 3.63) is 59.7 Å². The number of nitrogens with one attached hydrogen (secondary N) is 5. The lowest BCUT2D eigenvalue weighted by Gasteiger charge is -2.35. The summed E-state index contributed by atoms with van der Waals surface area (Å²) in [5, 5.41) is 36.4. The van der Waals surface area contributed by atoms with E-state index >= 15 is 0 Å². The number of cyclic esters (lactones) is 4. The van der Waals surface area contributed by atoms with Crippen molar-refractivity contribution in [3.8, 4) is 11.5 Å². The number of carbonyl (C=O) groups is 13. The van der Waals surface area contributed by atoms with E-state index < -0.39 is 210 Å². The fourth-order valence-electron chi connectivity index (χ4n) is 14.3. The van der Waals surface area contributed by atoms with Crippen molar-refractivity contribution in [2.75, 3.05) is 41.4 Å². The van der Waals surface area contributed by atoms with Crippen LogP contribution in [0.2, 0.25) is 0 Å². The highest BCUT2D eigenvalue weighted by molar-refractivity contribution is 5.97. The first-order valence-corrected chi connectivity index (χ1v) is 40.5. The first-order chi connectivity index (χ1) is 53.9. The molecule has 2 aromatic rings. The molecular formula is C83H131ClN10O22. The fourth-order valence-corrected chi connectivity index (χ4v) is 14.3. The predicted octanol–water partition coefficient (Wildman–Crippen LogP) is 1.27. The van der Waals surface area contributed by atoms with Gasteiger partial charge in [0, 0.05) is 40.0 Å². The zero-order valence-corrected chi connectivity index (χ0v) is 72.4. The van der Waals surface area contributed by atoms with Gasteiger partial charge in [-0.15, -0.1) is 0 Å². The van der Waals surface area contributed by atoms with E-state index in [9.17, 15) is 72.5 Å². The molecule has 10 N–H and O–H groups in total. The smallest absolute Gasteiger partial charge is 0.408 e. The van der Waals surface area contributed by atoms with Crippen molar-refractivity contribution in [2.24, 2.45) is 35.5 Å². The highest BCUT2D eigenvalue weighted by Crippen LogP contribution is 2.29. The van der Waals surface area contributed by atoms with E-state index in [2.05, 4.69) is 32.3 Å². The van der Waals surface area contributed by atoms with Crippen molar-refractivity contribution >= 4 is 77.2 Å². The molecule has 2 aromatic carbocycles. The van der Waals surface area contributed by atoms with Crippen LogP contribution in [0.25, 0.3) is 0 Å². The van der Waals surface area contributed by atoms with Crippen LogP contribution in [0.3, 0.4) is 0 Å². The Morgan fingerprint density at radius 2 is 0.905 bits per heavy atom. The lowest BCUT2D eigenvalue weighted by Crippen LogP contribution is -3.00. The predicted molar refractivity (Wildman–Crippen MR) is 423 cm³/mol. The number of likely N-dealkylation sites (N-methyl/N-ethyl adjacent to an activating group) is 2. The van der Waals surface area contributed by atoms with Crippen LogP contribution in [-0.2, 0) is 94.1 Å². The third kappa shape index (κ3) is 28.5. The molecule has 4 aliphatic rings. The fraction of sp³-hybridized carbons (Fsp3) is 0.699. The average Bonchev–Trinajstić information content (AvgIpc) is 1.58. The largest absolute Gasteiger partial charge is 1.00 e. The molecule has 0 bridgehead atoms. The molecule has 9 amide bonds. The normalized spacial score (nSPS) is 28.0. The number of esters is 4. The number of fused-ring (bicyclic) bond motifs is 2. The van der Waals surface area contributed by atoms with E-state index in [-0.39, 0.29) is 75.4 Å². The number of benzene rings is 2. The number of nitrogens with zero attached hydrogens (tertiary/aromatic N) is 4. The second-order valence-electron chi connectivity index (χ2n) is 33.5. The lowest BCUT2D eigenvalue weighted by atomic mass is 9.92. The van der Waals surface area contributed by atoms with Gasteiger partial charge in [-0.2, -0.15) is 0 Å². The summed E-state index contributed by atoms with van der Waals surface area (Å²) in [5.74, 6) is -9.00. The molecule has 4 heterocycles. The maximum absolute atomic E-state index is 14.5. The summed E-state index contributed by atoms with van der Waals surface area (Å²) in [5.41, 5.74) is 4.33. The van der Waals surface area contributed by atoms with Gasteiger partial charge in [0.05, 0.1) is 51.4 Å². The summed E-state index contributed by atoms with van der Waals surface area (Å²) in [6.45, 7) is 29.9. The maximum atomic E-state index is 14.5. The summed E-state index contributed by atoms with van der Waals surface area (Å²) in [4.78, 5) is 187. The molecule has 0 spiro atoms. The van der Waals surface area contributed by atoms with Gasteiger partial charge >= 0.3 is 30.0 Å². The summed E-state index contributed by atoms with van der Waals surface area (Å²) in [6, 6.07) is 2.74. The molecule has 0 saturated carbocycles. The summed E-state index contributed by atoms with van der Waals surface area (Å²) >= 11 is 0. The number of rotatable bonds is 17. The average molecular weight is 1660 g/mol. The third-order valence-electron chi connectivity index (χ3n) is 21.5. The minimum atomic E-state index is -1.59. The molecule has 0 radical (unpaired) electrons. The number of amides is 9. The number of carbonyl (C=O) groups excluding carboxylic acids is 13. The Labute approximate surface area is 689 Å². The Kier molecular flexibility index (Phi) is 39.2. The molecule has 32 nitrogen and oxygen atoms in total. The first-order valence-electron chi connectivity index (χ1n) is 40.5. The molecule has 0 aliphatic carbocycles.